The fourth-order valence-electron chi connectivity index (χ4n) is 3.72. The van der Waals surface area contributed by atoms with Gasteiger partial charge in [-0.15, -0.1) is 0 Å². The minimum Gasteiger partial charge on any atom is -0.315 e. The van der Waals surface area contributed by atoms with E-state index in [1.807, 2.05) is 24.3 Å². The van der Waals surface area contributed by atoms with Gasteiger partial charge in [-0.05, 0) is 43.9 Å². The van der Waals surface area contributed by atoms with Crippen LogP contribution >= 0.6 is 11.6 Å². The molecule has 3 unspecified atom stereocenters. The number of rotatable bonds is 2. The van der Waals surface area contributed by atoms with E-state index in [1.54, 1.807) is 0 Å². The number of nitrogens with two attached hydrogens (primary N) is 1. The lowest BCUT2D eigenvalue weighted by molar-refractivity contribution is -0.132. The van der Waals surface area contributed by atoms with Gasteiger partial charge in [0.2, 0.25) is 0 Å². The van der Waals surface area contributed by atoms with Crippen LogP contribution in [-0.4, -0.2) is 18.4 Å². The highest BCUT2D eigenvalue weighted by Crippen LogP contribution is 2.40. The largest absolute Gasteiger partial charge is 0.315 e. The van der Waals surface area contributed by atoms with E-state index >= 15 is 0 Å². The summed E-state index contributed by atoms with van der Waals surface area (Å²) in [5.41, 5.74) is 6.40. The number of hydrogen-bond donors (Lipinski definition) is 2. The summed E-state index contributed by atoms with van der Waals surface area (Å²) in [6.45, 7) is 1.01. The number of nitrogens with one attached hydrogen (secondary N) is 1. The third kappa shape index (κ3) is 2.28. The highest BCUT2D eigenvalue weighted by atomic mass is 35.5. The van der Waals surface area contributed by atoms with Crippen LogP contribution in [0.15, 0.2) is 24.3 Å². The second-order valence-electron chi connectivity index (χ2n) is 6.02. The normalized spacial score (nSPS) is 34.4. The van der Waals surface area contributed by atoms with E-state index in [-0.39, 0.29) is 11.7 Å². The number of carbonyl (C=O) groups excluding carboxylic acids is 1. The SMILES string of the molecule is NC1(c2ccccc2Cl)CCCC(C2CCCN2)C1=O. The van der Waals surface area contributed by atoms with Crippen molar-refractivity contribution in [2.24, 2.45) is 11.7 Å². The standard InChI is InChI=1S/C16H21ClN2O/c17-13-7-2-1-6-12(13)16(18)9-3-5-11(15(16)20)14-8-4-10-19-14/h1-2,6-7,11,14,19H,3-5,8-10,18H2. The van der Waals surface area contributed by atoms with Crippen LogP contribution in [0.4, 0.5) is 0 Å². The second kappa shape index (κ2) is 5.47. The minimum absolute atomic E-state index is 0.0347. The summed E-state index contributed by atoms with van der Waals surface area (Å²) in [6, 6.07) is 7.79. The van der Waals surface area contributed by atoms with E-state index < -0.39 is 5.54 Å². The van der Waals surface area contributed by atoms with Gasteiger partial charge in [-0.25, -0.2) is 0 Å². The molecule has 1 heterocycles. The van der Waals surface area contributed by atoms with Gasteiger partial charge in [0, 0.05) is 17.0 Å². The number of Topliss-reactive ketones (excluding diaryl/α,β-unsaturated/α-hetero) is 1. The van der Waals surface area contributed by atoms with Gasteiger partial charge in [0.05, 0.1) is 0 Å². The van der Waals surface area contributed by atoms with Gasteiger partial charge in [0.25, 0.3) is 0 Å². The molecule has 1 aliphatic heterocycles. The van der Waals surface area contributed by atoms with Crippen LogP contribution in [0.2, 0.25) is 5.02 Å². The molecule has 3 nitrogen and oxygen atoms in total. The molecule has 0 radical (unpaired) electrons. The fourth-order valence-corrected chi connectivity index (χ4v) is 4.02. The van der Waals surface area contributed by atoms with E-state index in [0.29, 0.717) is 17.5 Å². The Kier molecular flexibility index (Phi) is 3.85. The first-order chi connectivity index (χ1) is 9.63. The van der Waals surface area contributed by atoms with Crippen molar-refractivity contribution in [1.29, 1.82) is 0 Å². The van der Waals surface area contributed by atoms with E-state index in [4.69, 9.17) is 17.3 Å². The van der Waals surface area contributed by atoms with Crippen molar-refractivity contribution < 1.29 is 4.79 Å². The molecular formula is C16H21ClN2O. The Bertz CT molecular complexity index is 513. The quantitative estimate of drug-likeness (QED) is 0.881. The molecule has 108 valence electrons. The molecule has 1 saturated heterocycles. The van der Waals surface area contributed by atoms with Crippen LogP contribution in [0.1, 0.15) is 37.7 Å². The molecule has 0 aromatic heterocycles. The smallest absolute Gasteiger partial charge is 0.161 e. The van der Waals surface area contributed by atoms with Gasteiger partial charge >= 0.3 is 0 Å². The van der Waals surface area contributed by atoms with Crippen molar-refractivity contribution in [1.82, 2.24) is 5.32 Å². The predicted octanol–water partition coefficient (Wildman–Crippen LogP) is 2.62. The summed E-state index contributed by atoms with van der Waals surface area (Å²) < 4.78 is 0. The first-order valence-electron chi connectivity index (χ1n) is 7.44. The molecule has 0 amide bonds. The maximum absolute atomic E-state index is 13.0. The summed E-state index contributed by atoms with van der Waals surface area (Å²) in [5, 5.41) is 4.05. The van der Waals surface area contributed by atoms with Crippen molar-refractivity contribution in [2.75, 3.05) is 6.54 Å². The van der Waals surface area contributed by atoms with Crippen LogP contribution in [0.3, 0.4) is 0 Å². The molecule has 3 N–H and O–H groups in total. The number of carbonyl (C=O) groups is 1. The van der Waals surface area contributed by atoms with Crippen LogP contribution in [0.25, 0.3) is 0 Å². The van der Waals surface area contributed by atoms with E-state index in [1.165, 1.54) is 0 Å². The molecule has 20 heavy (non-hydrogen) atoms. The molecule has 0 spiro atoms. The summed E-state index contributed by atoms with van der Waals surface area (Å²) in [5.74, 6) is 0.198. The van der Waals surface area contributed by atoms with Gasteiger partial charge in [0.15, 0.2) is 5.78 Å². The molecular weight excluding hydrogens is 272 g/mol. The summed E-state index contributed by atoms with van der Waals surface area (Å²) >= 11 is 6.27. The Hall–Kier alpha value is -0.900. The molecule has 3 rings (SSSR count). The molecule has 1 aromatic carbocycles. The molecule has 1 saturated carbocycles. The molecule has 4 heteroatoms. The number of hydrogen-bond acceptors (Lipinski definition) is 3. The highest BCUT2D eigenvalue weighted by molar-refractivity contribution is 6.31. The Morgan fingerprint density at radius 3 is 2.75 bits per heavy atom. The number of benzene rings is 1. The second-order valence-corrected chi connectivity index (χ2v) is 6.42. The Balaban J connectivity index is 1.92. The zero-order valence-corrected chi connectivity index (χ0v) is 12.3. The van der Waals surface area contributed by atoms with Crippen molar-refractivity contribution in [2.45, 2.75) is 43.7 Å². The van der Waals surface area contributed by atoms with Crippen LogP contribution in [0, 0.1) is 5.92 Å². The Labute approximate surface area is 124 Å². The topological polar surface area (TPSA) is 55.1 Å². The third-order valence-electron chi connectivity index (χ3n) is 4.80. The van der Waals surface area contributed by atoms with Crippen molar-refractivity contribution in [3.05, 3.63) is 34.9 Å². The lowest BCUT2D eigenvalue weighted by Gasteiger charge is -2.39. The van der Waals surface area contributed by atoms with Crippen molar-refractivity contribution in [3.8, 4) is 0 Å². The average molecular weight is 293 g/mol. The van der Waals surface area contributed by atoms with Gasteiger partial charge in [0.1, 0.15) is 5.54 Å². The maximum atomic E-state index is 13.0. The fraction of sp³-hybridized carbons (Fsp3) is 0.562. The summed E-state index contributed by atoms with van der Waals surface area (Å²) in [6.07, 6.45) is 4.85. The zero-order chi connectivity index (χ0) is 14.2. The Morgan fingerprint density at radius 1 is 1.25 bits per heavy atom. The summed E-state index contributed by atoms with van der Waals surface area (Å²) in [4.78, 5) is 13.0. The maximum Gasteiger partial charge on any atom is 0.161 e. The lowest BCUT2D eigenvalue weighted by atomic mass is 9.69. The molecule has 2 fully saturated rings. The van der Waals surface area contributed by atoms with E-state index in [9.17, 15) is 4.79 Å². The number of ketones is 1. The van der Waals surface area contributed by atoms with Crippen LogP contribution < -0.4 is 11.1 Å². The average Bonchev–Trinajstić information content (AvgIpc) is 2.96. The minimum atomic E-state index is -0.911. The Morgan fingerprint density at radius 2 is 2.05 bits per heavy atom. The summed E-state index contributed by atoms with van der Waals surface area (Å²) in [7, 11) is 0. The molecule has 0 bridgehead atoms. The van der Waals surface area contributed by atoms with Crippen molar-refractivity contribution >= 4 is 17.4 Å². The van der Waals surface area contributed by atoms with Gasteiger partial charge in [-0.2, -0.15) is 0 Å². The molecule has 2 aliphatic rings. The lowest BCUT2D eigenvalue weighted by Crippen LogP contribution is -2.54. The highest BCUT2D eigenvalue weighted by Gasteiger charge is 2.46. The van der Waals surface area contributed by atoms with Gasteiger partial charge in [-0.3, -0.25) is 4.79 Å². The first kappa shape index (κ1) is 14.1. The van der Waals surface area contributed by atoms with E-state index in [2.05, 4.69) is 5.32 Å². The predicted molar refractivity (Wildman–Crippen MR) is 80.7 cm³/mol. The van der Waals surface area contributed by atoms with Crippen LogP contribution in [0.5, 0.6) is 0 Å². The molecule has 1 aliphatic carbocycles. The first-order valence-corrected chi connectivity index (χ1v) is 7.82. The third-order valence-corrected chi connectivity index (χ3v) is 5.13. The van der Waals surface area contributed by atoms with E-state index in [0.717, 1.165) is 37.8 Å². The monoisotopic (exact) mass is 292 g/mol. The molecule has 1 aromatic rings. The number of halogens is 1. The zero-order valence-electron chi connectivity index (χ0n) is 11.6. The van der Waals surface area contributed by atoms with Crippen LogP contribution in [-0.2, 0) is 10.3 Å². The molecule has 3 atom stereocenters. The van der Waals surface area contributed by atoms with Crippen molar-refractivity contribution in [3.63, 3.8) is 0 Å². The van der Waals surface area contributed by atoms with Gasteiger partial charge < -0.3 is 11.1 Å². The van der Waals surface area contributed by atoms with Gasteiger partial charge in [-0.1, -0.05) is 36.2 Å².